The van der Waals surface area contributed by atoms with E-state index < -0.39 is 0 Å². The van der Waals surface area contributed by atoms with Crippen molar-refractivity contribution in [1.29, 1.82) is 5.26 Å². The highest BCUT2D eigenvalue weighted by atomic mass is 19.1. The van der Waals surface area contributed by atoms with E-state index in [1.807, 2.05) is 6.07 Å². The predicted molar refractivity (Wildman–Crippen MR) is 153 cm³/mol. The van der Waals surface area contributed by atoms with E-state index in [1.165, 1.54) is 36.5 Å². The van der Waals surface area contributed by atoms with Crippen molar-refractivity contribution in [1.82, 2.24) is 4.98 Å². The van der Waals surface area contributed by atoms with Crippen LogP contribution in [0.3, 0.4) is 0 Å². The standard InChI is InChI=1S/C35H33FN2O/c1-21-5-4-6-28(21)25-9-11-29(23(3)17-25)31-12-8-24(19-26-7-10-27(20-37)38-35(26)31)22(2)18-32-30-15-16-39-34(30)14-13-33(32)36/h7-14,17,21,28H,2,4-6,15-16,18-19H2,1,3H3. The molecule has 0 bridgehead atoms. The number of hydrogen-bond donors (Lipinski definition) is 0. The van der Waals surface area contributed by atoms with Crippen LogP contribution in [0.1, 0.15) is 76.9 Å². The average molecular weight is 517 g/mol. The van der Waals surface area contributed by atoms with Crippen molar-refractivity contribution in [2.45, 2.75) is 58.3 Å². The molecule has 0 N–H and O–H groups in total. The van der Waals surface area contributed by atoms with Gasteiger partial charge in [-0.05, 0) is 88.8 Å². The Morgan fingerprint density at radius 2 is 2.03 bits per heavy atom. The Balaban J connectivity index is 1.38. The molecule has 3 aromatic rings. The largest absolute Gasteiger partial charge is 0.493 e. The molecule has 4 heteroatoms. The summed E-state index contributed by atoms with van der Waals surface area (Å²) in [5.41, 5.74) is 10.6. The zero-order valence-corrected chi connectivity index (χ0v) is 22.7. The van der Waals surface area contributed by atoms with Gasteiger partial charge in [-0.15, -0.1) is 0 Å². The van der Waals surface area contributed by atoms with E-state index in [2.05, 4.69) is 56.8 Å². The molecule has 39 heavy (non-hydrogen) atoms. The third-order valence-electron chi connectivity index (χ3n) is 8.80. The van der Waals surface area contributed by atoms with Crippen LogP contribution in [0, 0.1) is 30.0 Å². The van der Waals surface area contributed by atoms with Crippen LogP contribution in [0.15, 0.2) is 72.3 Å². The van der Waals surface area contributed by atoms with Crippen LogP contribution in [0.4, 0.5) is 4.39 Å². The minimum absolute atomic E-state index is 0.209. The van der Waals surface area contributed by atoms with Crippen molar-refractivity contribution in [2.24, 2.45) is 5.92 Å². The molecule has 6 rings (SSSR count). The minimum Gasteiger partial charge on any atom is -0.493 e. The highest BCUT2D eigenvalue weighted by molar-refractivity contribution is 5.83. The lowest BCUT2D eigenvalue weighted by molar-refractivity contribution is 0.356. The summed E-state index contributed by atoms with van der Waals surface area (Å²) in [6.45, 7) is 9.51. The first-order chi connectivity index (χ1) is 18.9. The second-order valence-electron chi connectivity index (χ2n) is 11.2. The quantitative estimate of drug-likeness (QED) is 0.346. The number of hydrogen-bond acceptors (Lipinski definition) is 3. The maximum absolute atomic E-state index is 14.9. The van der Waals surface area contributed by atoms with Crippen molar-refractivity contribution in [3.05, 3.63) is 123 Å². The van der Waals surface area contributed by atoms with Gasteiger partial charge in [0.1, 0.15) is 23.3 Å². The number of rotatable bonds is 5. The molecule has 3 aliphatic rings. The first-order valence-electron chi connectivity index (χ1n) is 14.0. The second-order valence-corrected chi connectivity index (χ2v) is 11.2. The molecular formula is C35H33FN2O. The maximum atomic E-state index is 14.9. The van der Waals surface area contributed by atoms with E-state index in [1.54, 1.807) is 12.1 Å². The van der Waals surface area contributed by atoms with Crippen molar-refractivity contribution in [3.8, 4) is 11.8 Å². The number of aryl methyl sites for hydroxylation is 1. The number of nitrogens with zero attached hydrogens (tertiary/aromatic N) is 2. The highest BCUT2D eigenvalue weighted by Gasteiger charge is 2.26. The molecule has 2 atom stereocenters. The molecular weight excluding hydrogens is 483 g/mol. The maximum Gasteiger partial charge on any atom is 0.141 e. The Hall–Kier alpha value is -3.97. The van der Waals surface area contributed by atoms with E-state index >= 15 is 0 Å². The zero-order valence-electron chi connectivity index (χ0n) is 22.7. The van der Waals surface area contributed by atoms with Crippen LogP contribution in [0.5, 0.6) is 5.75 Å². The lowest BCUT2D eigenvalue weighted by Gasteiger charge is -2.19. The third kappa shape index (κ3) is 4.72. The Morgan fingerprint density at radius 1 is 1.15 bits per heavy atom. The molecule has 0 amide bonds. The number of benzene rings is 2. The summed E-state index contributed by atoms with van der Waals surface area (Å²) in [4.78, 5) is 4.77. The SMILES string of the molecule is C=C(Cc1c(F)ccc2c1CCO2)C1=CC=C(c2ccc(C3CCCC3C)cc2C)c2nc(C#N)ccc2C1. The number of fused-ring (bicyclic) bond motifs is 2. The molecule has 2 aromatic carbocycles. The summed E-state index contributed by atoms with van der Waals surface area (Å²) in [6, 6.07) is 16.0. The first kappa shape index (κ1) is 25.3. The number of aromatic nitrogens is 1. The molecule has 0 spiro atoms. The van der Waals surface area contributed by atoms with E-state index in [0.29, 0.717) is 42.5 Å². The van der Waals surface area contributed by atoms with E-state index in [0.717, 1.165) is 51.3 Å². The summed E-state index contributed by atoms with van der Waals surface area (Å²) < 4.78 is 20.6. The van der Waals surface area contributed by atoms with Crippen LogP contribution >= 0.6 is 0 Å². The van der Waals surface area contributed by atoms with Gasteiger partial charge in [0.2, 0.25) is 0 Å². The van der Waals surface area contributed by atoms with E-state index in [4.69, 9.17) is 9.72 Å². The molecule has 196 valence electrons. The smallest absolute Gasteiger partial charge is 0.141 e. The fourth-order valence-electron chi connectivity index (χ4n) is 6.61. The Kier molecular flexibility index (Phi) is 6.69. The van der Waals surface area contributed by atoms with Crippen LogP contribution in [-0.4, -0.2) is 11.6 Å². The van der Waals surface area contributed by atoms with Crippen LogP contribution in [0.2, 0.25) is 0 Å². The van der Waals surface area contributed by atoms with Crippen molar-refractivity contribution < 1.29 is 9.13 Å². The van der Waals surface area contributed by atoms with Gasteiger partial charge in [-0.25, -0.2) is 9.37 Å². The van der Waals surface area contributed by atoms with Crippen LogP contribution in [-0.2, 0) is 19.3 Å². The van der Waals surface area contributed by atoms with Gasteiger partial charge in [0.05, 0.1) is 12.3 Å². The summed E-state index contributed by atoms with van der Waals surface area (Å²) in [6.07, 6.45) is 9.83. The molecule has 1 fully saturated rings. The number of pyridine rings is 1. The lowest BCUT2D eigenvalue weighted by Crippen LogP contribution is -2.05. The molecule has 3 nitrogen and oxygen atoms in total. The topological polar surface area (TPSA) is 45.9 Å². The van der Waals surface area contributed by atoms with Gasteiger partial charge in [-0.3, -0.25) is 0 Å². The second kappa shape index (κ2) is 10.3. The van der Waals surface area contributed by atoms with Crippen LogP contribution < -0.4 is 4.74 Å². The molecule has 2 heterocycles. The van der Waals surface area contributed by atoms with Gasteiger partial charge >= 0.3 is 0 Å². The van der Waals surface area contributed by atoms with Crippen molar-refractivity contribution >= 4 is 5.57 Å². The lowest BCUT2D eigenvalue weighted by atomic mass is 9.86. The molecule has 1 aliphatic heterocycles. The van der Waals surface area contributed by atoms with Crippen LogP contribution in [0.25, 0.3) is 5.57 Å². The van der Waals surface area contributed by atoms with Gasteiger partial charge in [-0.2, -0.15) is 5.26 Å². The van der Waals surface area contributed by atoms with Gasteiger partial charge in [0.15, 0.2) is 0 Å². The predicted octanol–water partition coefficient (Wildman–Crippen LogP) is 7.95. The molecule has 0 radical (unpaired) electrons. The third-order valence-corrected chi connectivity index (χ3v) is 8.80. The fraction of sp³-hybridized carbons (Fsp3) is 0.314. The Labute approximate surface area is 230 Å². The highest BCUT2D eigenvalue weighted by Crippen LogP contribution is 2.41. The first-order valence-corrected chi connectivity index (χ1v) is 14.0. The Morgan fingerprint density at radius 3 is 2.79 bits per heavy atom. The fourth-order valence-corrected chi connectivity index (χ4v) is 6.61. The Bertz CT molecular complexity index is 1590. The summed E-state index contributed by atoms with van der Waals surface area (Å²) in [5.74, 6) is 1.91. The van der Waals surface area contributed by atoms with E-state index in [9.17, 15) is 9.65 Å². The normalized spacial score (nSPS) is 19.7. The molecule has 0 saturated heterocycles. The number of allylic oxidation sites excluding steroid dienone is 4. The summed E-state index contributed by atoms with van der Waals surface area (Å²) >= 11 is 0. The molecule has 2 aliphatic carbocycles. The zero-order chi connectivity index (χ0) is 27.1. The monoisotopic (exact) mass is 516 g/mol. The number of halogens is 1. The number of ether oxygens (including phenoxy) is 1. The van der Waals surface area contributed by atoms with Gasteiger partial charge in [0, 0.05) is 24.0 Å². The van der Waals surface area contributed by atoms with Gasteiger partial charge < -0.3 is 4.74 Å². The molecule has 2 unspecified atom stereocenters. The number of nitriles is 1. The van der Waals surface area contributed by atoms with E-state index in [-0.39, 0.29) is 5.82 Å². The summed E-state index contributed by atoms with van der Waals surface area (Å²) in [7, 11) is 0. The molecule has 1 saturated carbocycles. The summed E-state index contributed by atoms with van der Waals surface area (Å²) in [5, 5.41) is 9.61. The van der Waals surface area contributed by atoms with Gasteiger partial charge in [-0.1, -0.05) is 62.8 Å². The van der Waals surface area contributed by atoms with Gasteiger partial charge in [0.25, 0.3) is 0 Å². The van der Waals surface area contributed by atoms with Crippen molar-refractivity contribution in [3.63, 3.8) is 0 Å². The average Bonchev–Trinajstić information content (AvgIpc) is 3.55. The van der Waals surface area contributed by atoms with Crippen molar-refractivity contribution in [2.75, 3.05) is 6.61 Å². The minimum atomic E-state index is -0.209. The molecule has 1 aromatic heterocycles.